The number of alkyl halides is 3. The van der Waals surface area contributed by atoms with Crippen LogP contribution in [0.5, 0.6) is 0 Å². The monoisotopic (exact) mass is 431 g/mol. The van der Waals surface area contributed by atoms with E-state index in [0.29, 0.717) is 0 Å². The van der Waals surface area contributed by atoms with Gasteiger partial charge in [-0.1, -0.05) is 36.4 Å². The van der Waals surface area contributed by atoms with E-state index in [9.17, 15) is 22.8 Å². The molecule has 0 bridgehead atoms. The maximum absolute atomic E-state index is 13.9. The van der Waals surface area contributed by atoms with Gasteiger partial charge in [0.1, 0.15) is 6.04 Å². The van der Waals surface area contributed by atoms with Crippen LogP contribution in [-0.2, 0) is 16.0 Å². The summed E-state index contributed by atoms with van der Waals surface area (Å²) in [4.78, 5) is 28.0. The number of benzene rings is 2. The van der Waals surface area contributed by atoms with Gasteiger partial charge in [0.05, 0.1) is 24.3 Å². The molecule has 0 unspecified atom stereocenters. The van der Waals surface area contributed by atoms with E-state index in [4.69, 9.17) is 0 Å². The molecule has 1 aliphatic carbocycles. The summed E-state index contributed by atoms with van der Waals surface area (Å²) < 4.78 is 41.7. The summed E-state index contributed by atoms with van der Waals surface area (Å²) in [6.07, 6.45) is -2.82. The van der Waals surface area contributed by atoms with Gasteiger partial charge < -0.3 is 5.32 Å². The summed E-state index contributed by atoms with van der Waals surface area (Å²) in [7, 11) is 1.76. The molecule has 1 heterocycles. The van der Waals surface area contributed by atoms with Gasteiger partial charge in [0.25, 0.3) is 0 Å². The maximum atomic E-state index is 13.9. The molecule has 2 aromatic rings. The average molecular weight is 431 g/mol. The number of carbonyl (C=O) groups excluding carboxylic acids is 2. The summed E-state index contributed by atoms with van der Waals surface area (Å²) >= 11 is 0. The van der Waals surface area contributed by atoms with Gasteiger partial charge in [-0.05, 0) is 49.6 Å². The molecule has 1 aliphatic heterocycles. The Bertz CT molecular complexity index is 992. The average Bonchev–Trinajstić information content (AvgIpc) is 2.88. The van der Waals surface area contributed by atoms with Gasteiger partial charge >= 0.3 is 6.18 Å². The van der Waals surface area contributed by atoms with Crippen LogP contribution in [0.3, 0.4) is 0 Å². The van der Waals surface area contributed by atoms with Crippen LogP contribution >= 0.6 is 0 Å². The Morgan fingerprint density at radius 3 is 2.65 bits per heavy atom. The first-order valence-corrected chi connectivity index (χ1v) is 10.3. The van der Waals surface area contributed by atoms with E-state index in [1.54, 1.807) is 19.2 Å². The summed E-state index contributed by atoms with van der Waals surface area (Å²) in [5.41, 5.74) is 2.60. The predicted molar refractivity (Wildman–Crippen MR) is 112 cm³/mol. The molecule has 2 atom stereocenters. The number of rotatable bonds is 3. The fraction of sp³-hybridized carbons (Fsp3) is 0.391. The molecule has 0 saturated carbocycles. The van der Waals surface area contributed by atoms with Crippen molar-refractivity contribution in [2.75, 3.05) is 23.8 Å². The van der Waals surface area contributed by atoms with E-state index in [0.717, 1.165) is 29.7 Å². The Morgan fingerprint density at radius 1 is 1.16 bits per heavy atom. The van der Waals surface area contributed by atoms with E-state index in [-0.39, 0.29) is 24.0 Å². The minimum atomic E-state index is -4.74. The minimum Gasteiger partial charge on any atom is -0.324 e. The van der Waals surface area contributed by atoms with Crippen molar-refractivity contribution in [2.24, 2.45) is 0 Å². The molecular formula is C23H24F3N3O2. The fourth-order valence-electron chi connectivity index (χ4n) is 4.58. The van der Waals surface area contributed by atoms with E-state index in [1.165, 1.54) is 17.7 Å². The largest absolute Gasteiger partial charge is 0.409 e. The second-order valence-corrected chi connectivity index (χ2v) is 8.11. The Morgan fingerprint density at radius 2 is 1.87 bits per heavy atom. The van der Waals surface area contributed by atoms with Crippen molar-refractivity contribution in [2.45, 2.75) is 43.9 Å². The SMILES string of the molecule is CN(CC(=O)N1c2ccccc2NC(=O)C[C@@H]1C(F)(F)F)[C@H]1CCCc2ccccc21. The van der Waals surface area contributed by atoms with Crippen molar-refractivity contribution in [1.82, 2.24) is 4.90 Å². The van der Waals surface area contributed by atoms with Gasteiger partial charge in [-0.3, -0.25) is 19.4 Å². The smallest absolute Gasteiger partial charge is 0.324 e. The van der Waals surface area contributed by atoms with Crippen molar-refractivity contribution in [3.8, 4) is 0 Å². The number of likely N-dealkylation sites (N-methyl/N-ethyl adjacent to an activating group) is 1. The molecule has 0 radical (unpaired) electrons. The zero-order valence-electron chi connectivity index (χ0n) is 17.2. The molecule has 8 heteroatoms. The highest BCUT2D eigenvalue weighted by atomic mass is 19.4. The Balaban J connectivity index is 1.65. The van der Waals surface area contributed by atoms with Crippen molar-refractivity contribution in [3.63, 3.8) is 0 Å². The Kier molecular flexibility index (Phi) is 5.75. The quantitative estimate of drug-likeness (QED) is 0.788. The van der Waals surface area contributed by atoms with Crippen LogP contribution in [0.15, 0.2) is 48.5 Å². The van der Waals surface area contributed by atoms with Gasteiger partial charge in [-0.25, -0.2) is 0 Å². The number of aryl methyl sites for hydroxylation is 1. The molecule has 4 rings (SSSR count). The first-order chi connectivity index (χ1) is 14.8. The standard InChI is InChI=1S/C23H24F3N3O2/c1-28(18-12-6-8-15-7-2-3-9-16(15)18)14-22(31)29-19-11-5-4-10-17(19)27-21(30)13-20(29)23(24,25)26/h2-5,7,9-11,18,20H,6,8,12-14H2,1H3,(H,27,30)/t18-,20+/m0/s1. The Labute approximate surface area is 178 Å². The molecule has 5 nitrogen and oxygen atoms in total. The number of hydrogen-bond acceptors (Lipinski definition) is 3. The van der Waals surface area contributed by atoms with E-state index >= 15 is 0 Å². The molecule has 2 aromatic carbocycles. The molecule has 0 saturated heterocycles. The molecule has 0 aromatic heterocycles. The Hall–Kier alpha value is -2.87. The lowest BCUT2D eigenvalue weighted by Crippen LogP contribution is -2.52. The van der Waals surface area contributed by atoms with Gasteiger partial charge in [0.2, 0.25) is 11.8 Å². The number of carbonyl (C=O) groups is 2. The van der Waals surface area contributed by atoms with Crippen LogP contribution in [0, 0.1) is 0 Å². The first-order valence-electron chi connectivity index (χ1n) is 10.3. The van der Waals surface area contributed by atoms with Gasteiger partial charge in [-0.2, -0.15) is 13.2 Å². The van der Waals surface area contributed by atoms with Crippen molar-refractivity contribution >= 4 is 23.2 Å². The van der Waals surface area contributed by atoms with Crippen LogP contribution in [0.1, 0.15) is 36.4 Å². The third kappa shape index (κ3) is 4.30. The zero-order chi connectivity index (χ0) is 22.2. The highest BCUT2D eigenvalue weighted by Crippen LogP contribution is 2.38. The lowest BCUT2D eigenvalue weighted by molar-refractivity contribution is -0.158. The fourth-order valence-corrected chi connectivity index (χ4v) is 4.58. The van der Waals surface area contributed by atoms with E-state index in [1.807, 2.05) is 23.1 Å². The maximum Gasteiger partial charge on any atom is 0.409 e. The second kappa shape index (κ2) is 8.34. The number of hydrogen-bond donors (Lipinski definition) is 1. The molecule has 164 valence electrons. The first kappa shape index (κ1) is 21.4. The summed E-state index contributed by atoms with van der Waals surface area (Å²) in [6, 6.07) is 11.8. The van der Waals surface area contributed by atoms with Gasteiger partial charge in [0, 0.05) is 6.04 Å². The van der Waals surface area contributed by atoms with Crippen LogP contribution in [-0.4, -0.2) is 42.5 Å². The second-order valence-electron chi connectivity index (χ2n) is 8.11. The van der Waals surface area contributed by atoms with Gasteiger partial charge in [0.15, 0.2) is 0 Å². The normalized spacial score (nSPS) is 21.2. The highest BCUT2D eigenvalue weighted by Gasteiger charge is 2.49. The summed E-state index contributed by atoms with van der Waals surface area (Å²) in [5.74, 6) is -1.45. The van der Waals surface area contributed by atoms with Crippen molar-refractivity contribution in [1.29, 1.82) is 0 Å². The van der Waals surface area contributed by atoms with Crippen LogP contribution < -0.4 is 10.2 Å². The van der Waals surface area contributed by atoms with E-state index in [2.05, 4.69) is 11.4 Å². The number of para-hydroxylation sites is 2. The summed E-state index contributed by atoms with van der Waals surface area (Å²) in [6.45, 7) is -0.186. The molecule has 1 N–H and O–H groups in total. The third-order valence-corrected chi connectivity index (χ3v) is 6.03. The molecule has 2 aliphatic rings. The minimum absolute atomic E-state index is 0.0415. The molecule has 0 fully saturated rings. The lowest BCUT2D eigenvalue weighted by Gasteiger charge is -2.36. The lowest BCUT2D eigenvalue weighted by atomic mass is 9.87. The number of amides is 2. The molecule has 0 spiro atoms. The third-order valence-electron chi connectivity index (χ3n) is 6.03. The summed E-state index contributed by atoms with van der Waals surface area (Å²) in [5, 5.41) is 2.49. The number of fused-ring (bicyclic) bond motifs is 2. The van der Waals surface area contributed by atoms with Gasteiger partial charge in [-0.15, -0.1) is 0 Å². The predicted octanol–water partition coefficient (Wildman–Crippen LogP) is 4.30. The van der Waals surface area contributed by atoms with Crippen molar-refractivity contribution < 1.29 is 22.8 Å². The van der Waals surface area contributed by atoms with Crippen LogP contribution in [0.4, 0.5) is 24.5 Å². The number of halogens is 3. The molecule has 2 amide bonds. The number of anilines is 2. The number of nitrogens with one attached hydrogen (secondary N) is 1. The highest BCUT2D eigenvalue weighted by molar-refractivity contribution is 6.05. The topological polar surface area (TPSA) is 52.7 Å². The molecule has 31 heavy (non-hydrogen) atoms. The van der Waals surface area contributed by atoms with Crippen molar-refractivity contribution in [3.05, 3.63) is 59.7 Å². The molecular weight excluding hydrogens is 407 g/mol. The van der Waals surface area contributed by atoms with Crippen LogP contribution in [0.25, 0.3) is 0 Å². The zero-order valence-corrected chi connectivity index (χ0v) is 17.2. The number of nitrogens with zero attached hydrogens (tertiary/aromatic N) is 2. The van der Waals surface area contributed by atoms with Crippen LogP contribution in [0.2, 0.25) is 0 Å². The van der Waals surface area contributed by atoms with E-state index < -0.39 is 30.5 Å².